The van der Waals surface area contributed by atoms with Crippen molar-refractivity contribution in [2.45, 2.75) is 37.3 Å². The van der Waals surface area contributed by atoms with Gasteiger partial charge in [-0.05, 0) is 49.9 Å². The van der Waals surface area contributed by atoms with Crippen LogP contribution in [0.2, 0.25) is 0 Å². The number of nitrogens with one attached hydrogen (secondary N) is 2. The molecule has 28 heavy (non-hydrogen) atoms. The van der Waals surface area contributed by atoms with E-state index in [9.17, 15) is 4.79 Å². The highest BCUT2D eigenvalue weighted by atomic mass is 16.5. The number of likely N-dealkylation sites (tertiary alicyclic amines) is 1. The molecule has 1 spiro atoms. The maximum absolute atomic E-state index is 12.3. The van der Waals surface area contributed by atoms with E-state index in [1.807, 2.05) is 0 Å². The molecule has 3 aliphatic heterocycles. The van der Waals surface area contributed by atoms with Gasteiger partial charge < -0.3 is 19.9 Å². The molecule has 5 rings (SSSR count). The average molecular weight is 380 g/mol. The molecule has 2 aromatic rings. The molecule has 2 fully saturated rings. The number of ether oxygens (including phenoxy) is 1. The van der Waals surface area contributed by atoms with Crippen molar-refractivity contribution in [1.29, 1.82) is 0 Å². The lowest BCUT2D eigenvalue weighted by atomic mass is 9.82. The van der Waals surface area contributed by atoms with Crippen LogP contribution in [0.3, 0.4) is 0 Å². The van der Waals surface area contributed by atoms with Crippen LogP contribution in [-0.2, 0) is 15.1 Å². The number of aromatic nitrogens is 1. The van der Waals surface area contributed by atoms with Crippen LogP contribution < -0.4 is 10.6 Å². The summed E-state index contributed by atoms with van der Waals surface area (Å²) >= 11 is 0. The zero-order valence-electron chi connectivity index (χ0n) is 16.2. The quantitative estimate of drug-likeness (QED) is 0.856. The molecule has 1 aromatic heterocycles. The van der Waals surface area contributed by atoms with Gasteiger partial charge in [-0.15, -0.1) is 0 Å². The van der Waals surface area contributed by atoms with Crippen molar-refractivity contribution < 1.29 is 9.53 Å². The Morgan fingerprint density at radius 2 is 2.07 bits per heavy atom. The first-order chi connectivity index (χ1) is 13.7. The van der Waals surface area contributed by atoms with Crippen LogP contribution in [0.25, 0.3) is 5.69 Å². The van der Waals surface area contributed by atoms with E-state index < -0.39 is 0 Å². The summed E-state index contributed by atoms with van der Waals surface area (Å²) in [5, 5.41) is 6.87. The third kappa shape index (κ3) is 3.20. The monoisotopic (exact) mass is 380 g/mol. The van der Waals surface area contributed by atoms with Gasteiger partial charge in [0.1, 0.15) is 0 Å². The fourth-order valence-electron chi connectivity index (χ4n) is 4.86. The van der Waals surface area contributed by atoms with Crippen molar-refractivity contribution in [3.8, 4) is 5.69 Å². The van der Waals surface area contributed by atoms with E-state index in [-0.39, 0.29) is 17.6 Å². The van der Waals surface area contributed by atoms with E-state index in [0.29, 0.717) is 13.1 Å². The van der Waals surface area contributed by atoms with E-state index in [1.165, 1.54) is 17.1 Å². The molecule has 2 saturated heterocycles. The smallest absolute Gasteiger partial charge is 0.234 e. The van der Waals surface area contributed by atoms with E-state index in [0.717, 1.165) is 45.4 Å². The second kappa shape index (κ2) is 7.26. The van der Waals surface area contributed by atoms with Crippen LogP contribution in [0.4, 0.5) is 5.69 Å². The molecule has 1 atom stereocenters. The van der Waals surface area contributed by atoms with Crippen molar-refractivity contribution >= 4 is 11.6 Å². The first kappa shape index (κ1) is 17.8. The van der Waals surface area contributed by atoms with Crippen molar-refractivity contribution in [3.63, 3.8) is 0 Å². The highest BCUT2D eigenvalue weighted by Crippen LogP contribution is 2.43. The predicted octanol–water partition coefficient (Wildman–Crippen LogP) is 2.49. The Labute approximate surface area is 165 Å². The summed E-state index contributed by atoms with van der Waals surface area (Å²) in [6, 6.07) is 12.8. The number of hydrogen-bond acceptors (Lipinski definition) is 4. The molecule has 1 aromatic carbocycles. The summed E-state index contributed by atoms with van der Waals surface area (Å²) in [5.41, 5.74) is 3.68. The van der Waals surface area contributed by atoms with Crippen LogP contribution in [-0.4, -0.2) is 54.3 Å². The lowest BCUT2D eigenvalue weighted by Crippen LogP contribution is -2.51. The van der Waals surface area contributed by atoms with Crippen molar-refractivity contribution in [2.24, 2.45) is 0 Å². The Hall–Kier alpha value is -2.31. The fraction of sp³-hybridized carbons (Fsp3) is 0.500. The number of benzene rings is 1. The zero-order valence-corrected chi connectivity index (χ0v) is 16.2. The molecule has 4 heterocycles. The van der Waals surface area contributed by atoms with Crippen LogP contribution in [0.15, 0.2) is 42.6 Å². The second-order valence-electron chi connectivity index (χ2n) is 8.20. The van der Waals surface area contributed by atoms with Crippen LogP contribution >= 0.6 is 0 Å². The number of fused-ring (bicyclic) bond motifs is 4. The van der Waals surface area contributed by atoms with E-state index >= 15 is 0 Å². The van der Waals surface area contributed by atoms with Crippen LogP contribution in [0.5, 0.6) is 0 Å². The lowest BCUT2D eigenvalue weighted by Gasteiger charge is -2.46. The Kier molecular flexibility index (Phi) is 4.61. The van der Waals surface area contributed by atoms with Crippen molar-refractivity contribution in [1.82, 2.24) is 14.8 Å². The number of para-hydroxylation sites is 2. The molecule has 6 heteroatoms. The average Bonchev–Trinajstić information content (AvgIpc) is 3.41. The Bertz CT molecular complexity index is 848. The summed E-state index contributed by atoms with van der Waals surface area (Å²) in [7, 11) is 0. The van der Waals surface area contributed by atoms with Gasteiger partial charge >= 0.3 is 0 Å². The molecule has 2 N–H and O–H groups in total. The van der Waals surface area contributed by atoms with Gasteiger partial charge in [0.25, 0.3) is 0 Å². The van der Waals surface area contributed by atoms with Crippen LogP contribution in [0, 0.1) is 0 Å². The molecule has 0 bridgehead atoms. The SMILES string of the molecule is O=C(CN1CCC2(CC1)Nc1ccccc1-n1cccc12)NC[C@H]1CCCO1. The van der Waals surface area contributed by atoms with Crippen molar-refractivity contribution in [2.75, 3.05) is 38.1 Å². The lowest BCUT2D eigenvalue weighted by molar-refractivity contribution is -0.123. The topological polar surface area (TPSA) is 58.5 Å². The molecule has 0 unspecified atom stereocenters. The number of anilines is 1. The third-order valence-corrected chi connectivity index (χ3v) is 6.40. The first-order valence-electron chi connectivity index (χ1n) is 10.4. The molecule has 0 saturated carbocycles. The van der Waals surface area contributed by atoms with E-state index in [1.54, 1.807) is 0 Å². The summed E-state index contributed by atoms with van der Waals surface area (Å²) in [6.45, 7) is 3.76. The Balaban J connectivity index is 1.22. The molecular formula is C22H28N4O2. The van der Waals surface area contributed by atoms with Gasteiger partial charge in [-0.25, -0.2) is 0 Å². The number of carbonyl (C=O) groups is 1. The number of nitrogens with zero attached hydrogens (tertiary/aromatic N) is 2. The fourth-order valence-corrected chi connectivity index (χ4v) is 4.86. The maximum Gasteiger partial charge on any atom is 0.234 e. The van der Waals surface area contributed by atoms with Gasteiger partial charge in [0.15, 0.2) is 0 Å². The second-order valence-corrected chi connectivity index (χ2v) is 8.20. The maximum atomic E-state index is 12.3. The number of amides is 1. The van der Waals surface area contributed by atoms with E-state index in [2.05, 4.69) is 62.7 Å². The van der Waals surface area contributed by atoms with Gasteiger partial charge in [0, 0.05) is 38.1 Å². The molecule has 1 amide bonds. The molecular weight excluding hydrogens is 352 g/mol. The summed E-state index contributed by atoms with van der Waals surface area (Å²) < 4.78 is 7.90. The minimum atomic E-state index is -0.0531. The number of rotatable bonds is 4. The third-order valence-electron chi connectivity index (χ3n) is 6.40. The normalized spacial score (nSPS) is 23.1. The van der Waals surface area contributed by atoms with Gasteiger partial charge in [-0.3, -0.25) is 9.69 Å². The summed E-state index contributed by atoms with van der Waals surface area (Å²) in [5.74, 6) is 0.108. The highest BCUT2D eigenvalue weighted by Gasteiger charge is 2.41. The Morgan fingerprint density at radius 1 is 1.21 bits per heavy atom. The Morgan fingerprint density at radius 3 is 2.89 bits per heavy atom. The van der Waals surface area contributed by atoms with Gasteiger partial charge in [0.2, 0.25) is 5.91 Å². The molecule has 3 aliphatic rings. The molecule has 0 radical (unpaired) electrons. The zero-order chi connectivity index (χ0) is 19.0. The van der Waals surface area contributed by atoms with Gasteiger partial charge in [-0.2, -0.15) is 0 Å². The van der Waals surface area contributed by atoms with Gasteiger partial charge in [0.05, 0.1) is 29.6 Å². The highest BCUT2D eigenvalue weighted by molar-refractivity contribution is 5.78. The van der Waals surface area contributed by atoms with Crippen molar-refractivity contribution in [3.05, 3.63) is 48.3 Å². The number of hydrogen-bond donors (Lipinski definition) is 2. The number of carbonyl (C=O) groups excluding carboxylic acids is 1. The minimum Gasteiger partial charge on any atom is -0.376 e. The predicted molar refractivity (Wildman–Crippen MR) is 109 cm³/mol. The largest absolute Gasteiger partial charge is 0.376 e. The standard InChI is InChI=1S/C22H28N4O2/c27-21(23-15-17-5-4-14-28-17)16-25-12-9-22(10-13-25)20-8-3-11-26(20)19-7-2-1-6-18(19)24-22/h1-3,6-8,11,17,24H,4-5,9-10,12-16H2,(H,23,27)/t17-/m1/s1. The van der Waals surface area contributed by atoms with Gasteiger partial charge in [-0.1, -0.05) is 12.1 Å². The molecule has 6 nitrogen and oxygen atoms in total. The minimum absolute atomic E-state index is 0.0531. The summed E-state index contributed by atoms with van der Waals surface area (Å²) in [6.07, 6.45) is 6.50. The summed E-state index contributed by atoms with van der Waals surface area (Å²) in [4.78, 5) is 14.6. The van der Waals surface area contributed by atoms with E-state index in [4.69, 9.17) is 4.74 Å². The first-order valence-corrected chi connectivity index (χ1v) is 10.4. The molecule has 0 aliphatic carbocycles. The molecule has 148 valence electrons. The van der Waals surface area contributed by atoms with Crippen LogP contribution in [0.1, 0.15) is 31.4 Å². The number of piperidine rings is 1.